The molecule has 0 saturated carbocycles. The number of hydrogen-bond donors (Lipinski definition) is 1. The van der Waals surface area contributed by atoms with Crippen LogP contribution in [0.4, 0.5) is 4.39 Å². The molecule has 2 bridgehead atoms. The van der Waals surface area contributed by atoms with Gasteiger partial charge >= 0.3 is 0 Å². The van der Waals surface area contributed by atoms with E-state index in [4.69, 9.17) is 4.74 Å². The molecule has 6 nitrogen and oxygen atoms in total. The Hall–Kier alpha value is -2.96. The van der Waals surface area contributed by atoms with Gasteiger partial charge in [-0.2, -0.15) is 5.10 Å². The summed E-state index contributed by atoms with van der Waals surface area (Å²) in [6.45, 7) is 2.19. The van der Waals surface area contributed by atoms with Gasteiger partial charge in [0.25, 0.3) is 5.91 Å². The van der Waals surface area contributed by atoms with Crippen LogP contribution < -0.4 is 10.1 Å². The van der Waals surface area contributed by atoms with Crippen molar-refractivity contribution in [2.75, 3.05) is 6.54 Å². The maximum Gasteiger partial charge on any atom is 0.256 e. The van der Waals surface area contributed by atoms with Crippen LogP contribution >= 0.6 is 0 Å². The van der Waals surface area contributed by atoms with Crippen LogP contribution in [-0.2, 0) is 12.8 Å². The molecule has 0 aliphatic carbocycles. The summed E-state index contributed by atoms with van der Waals surface area (Å²) in [5, 5.41) is 7.00. The van der Waals surface area contributed by atoms with Crippen LogP contribution in [0.1, 0.15) is 28.5 Å². The number of ether oxygens (including phenoxy) is 1. The molecule has 25 heavy (non-hydrogen) atoms. The predicted octanol–water partition coefficient (Wildman–Crippen LogP) is 2.16. The molecule has 1 N–H and O–H groups in total. The molecule has 1 aromatic carbocycles. The highest BCUT2D eigenvalue weighted by atomic mass is 19.1. The van der Waals surface area contributed by atoms with Gasteiger partial charge in [0.2, 0.25) is 0 Å². The van der Waals surface area contributed by atoms with Crippen molar-refractivity contribution >= 4 is 11.6 Å². The summed E-state index contributed by atoms with van der Waals surface area (Å²) < 4.78 is 21.1. The van der Waals surface area contributed by atoms with Gasteiger partial charge in [-0.15, -0.1) is 0 Å². The number of nitrogens with zero attached hydrogens (tertiary/aromatic N) is 3. The first-order valence-corrected chi connectivity index (χ1v) is 8.17. The standard InChI is InChI=1S/C18H17FN4O2/c1-11-9-20-18(24)15-10-21-23-7-6-14(22-17(15)23)4-2-12-8-13(19)3-5-16(12)25-11/h3,5-8,10-11H,2,4,9H2,1H3,(H,20,24). The molecule has 7 heteroatoms. The van der Waals surface area contributed by atoms with Gasteiger partial charge < -0.3 is 10.1 Å². The van der Waals surface area contributed by atoms with Gasteiger partial charge in [-0.05, 0) is 49.6 Å². The summed E-state index contributed by atoms with van der Waals surface area (Å²) in [4.78, 5) is 17.0. The Morgan fingerprint density at radius 3 is 3.08 bits per heavy atom. The van der Waals surface area contributed by atoms with E-state index in [1.165, 1.54) is 18.3 Å². The molecule has 0 fully saturated rings. The first-order chi connectivity index (χ1) is 12.1. The third-order valence-corrected chi connectivity index (χ3v) is 4.22. The second-order valence-electron chi connectivity index (χ2n) is 6.14. The third-order valence-electron chi connectivity index (χ3n) is 4.22. The van der Waals surface area contributed by atoms with E-state index in [0.717, 1.165) is 11.3 Å². The number of halogens is 1. The maximum atomic E-state index is 13.6. The van der Waals surface area contributed by atoms with Crippen LogP contribution in [0.15, 0.2) is 36.7 Å². The summed E-state index contributed by atoms with van der Waals surface area (Å²) in [6.07, 6.45) is 4.23. The quantitative estimate of drug-likeness (QED) is 0.681. The summed E-state index contributed by atoms with van der Waals surface area (Å²) >= 11 is 0. The van der Waals surface area contributed by atoms with Gasteiger partial charge in [-0.3, -0.25) is 4.79 Å². The van der Waals surface area contributed by atoms with Crippen LogP contribution in [0.5, 0.6) is 5.75 Å². The molecular weight excluding hydrogens is 323 g/mol. The van der Waals surface area contributed by atoms with E-state index in [1.54, 1.807) is 16.8 Å². The van der Waals surface area contributed by atoms with Gasteiger partial charge in [0.1, 0.15) is 23.2 Å². The van der Waals surface area contributed by atoms with Gasteiger partial charge in [0.05, 0.1) is 12.7 Å². The molecule has 3 heterocycles. The molecule has 0 spiro atoms. The van der Waals surface area contributed by atoms with E-state index >= 15 is 0 Å². The fourth-order valence-electron chi connectivity index (χ4n) is 2.92. The molecule has 1 aliphatic heterocycles. The molecule has 3 aromatic rings. The Labute approximate surface area is 143 Å². The number of fused-ring (bicyclic) bond motifs is 2. The number of rotatable bonds is 0. The van der Waals surface area contributed by atoms with Crippen molar-refractivity contribution < 1.29 is 13.9 Å². The zero-order chi connectivity index (χ0) is 17.4. The Morgan fingerprint density at radius 1 is 1.32 bits per heavy atom. The first-order valence-electron chi connectivity index (χ1n) is 8.17. The van der Waals surface area contributed by atoms with E-state index in [1.807, 2.05) is 13.0 Å². The van der Waals surface area contributed by atoms with Gasteiger partial charge in [-0.25, -0.2) is 13.9 Å². The number of amides is 1. The number of nitrogens with one attached hydrogen (secondary N) is 1. The normalized spacial score (nSPS) is 17.8. The highest BCUT2D eigenvalue weighted by Gasteiger charge is 2.17. The molecule has 2 aromatic heterocycles. The van der Waals surface area contributed by atoms with Gasteiger partial charge in [0, 0.05) is 11.9 Å². The molecule has 1 unspecified atom stereocenters. The van der Waals surface area contributed by atoms with E-state index < -0.39 is 0 Å². The minimum Gasteiger partial charge on any atom is -0.489 e. The van der Waals surface area contributed by atoms with Crippen LogP contribution in [0, 0.1) is 5.82 Å². The zero-order valence-corrected chi connectivity index (χ0v) is 13.7. The van der Waals surface area contributed by atoms with Crippen LogP contribution in [0.3, 0.4) is 0 Å². The molecule has 1 amide bonds. The summed E-state index contributed by atoms with van der Waals surface area (Å²) in [6, 6.07) is 6.35. The third kappa shape index (κ3) is 3.05. The largest absolute Gasteiger partial charge is 0.489 e. The summed E-state index contributed by atoms with van der Waals surface area (Å²) in [5.74, 6) is 0.0919. The summed E-state index contributed by atoms with van der Waals surface area (Å²) in [7, 11) is 0. The van der Waals surface area contributed by atoms with Gasteiger partial charge in [0.15, 0.2) is 5.65 Å². The number of aryl methyl sites for hydroxylation is 2. The minimum atomic E-state index is -0.297. The van der Waals surface area contributed by atoms with E-state index in [0.29, 0.717) is 36.3 Å². The topological polar surface area (TPSA) is 68.5 Å². The number of hydrogen-bond acceptors (Lipinski definition) is 4. The molecule has 0 saturated heterocycles. The first kappa shape index (κ1) is 15.6. The van der Waals surface area contributed by atoms with Crippen molar-refractivity contribution in [2.45, 2.75) is 25.9 Å². The number of aromatic nitrogens is 3. The molecule has 0 radical (unpaired) electrons. The maximum absolute atomic E-state index is 13.6. The SMILES string of the molecule is CC1CNC(=O)c2cnn3ccc(nc23)CCc2cc(F)ccc2O1. The summed E-state index contributed by atoms with van der Waals surface area (Å²) in [5.41, 5.74) is 2.54. The Bertz CT molecular complexity index is 953. The number of carbonyl (C=O) groups excluding carboxylic acids is 1. The van der Waals surface area contributed by atoms with E-state index in [-0.39, 0.29) is 17.8 Å². The Kier molecular flexibility index (Phi) is 3.83. The molecule has 128 valence electrons. The average molecular weight is 340 g/mol. The van der Waals surface area contributed by atoms with Gasteiger partial charge in [-0.1, -0.05) is 0 Å². The van der Waals surface area contributed by atoms with Crippen molar-refractivity contribution in [1.29, 1.82) is 0 Å². The molecular formula is C18H17FN4O2. The Balaban J connectivity index is 1.77. The molecule has 1 aliphatic rings. The van der Waals surface area contributed by atoms with Crippen LogP contribution in [0.2, 0.25) is 0 Å². The number of carbonyl (C=O) groups is 1. The predicted molar refractivity (Wildman–Crippen MR) is 89.2 cm³/mol. The van der Waals surface area contributed by atoms with E-state index in [2.05, 4.69) is 15.4 Å². The van der Waals surface area contributed by atoms with Crippen molar-refractivity contribution in [3.8, 4) is 5.75 Å². The molecule has 1 atom stereocenters. The minimum absolute atomic E-state index is 0.242. The van der Waals surface area contributed by atoms with Crippen molar-refractivity contribution in [2.24, 2.45) is 0 Å². The number of benzene rings is 1. The molecule has 4 rings (SSSR count). The smallest absolute Gasteiger partial charge is 0.256 e. The second kappa shape index (κ2) is 6.16. The van der Waals surface area contributed by atoms with Crippen LogP contribution in [0.25, 0.3) is 5.65 Å². The highest BCUT2D eigenvalue weighted by Crippen LogP contribution is 2.23. The van der Waals surface area contributed by atoms with Crippen molar-refractivity contribution in [3.05, 3.63) is 59.3 Å². The fraction of sp³-hybridized carbons (Fsp3) is 0.278. The lowest BCUT2D eigenvalue weighted by Gasteiger charge is -2.18. The second-order valence-corrected chi connectivity index (χ2v) is 6.14. The lowest BCUT2D eigenvalue weighted by atomic mass is 10.1. The average Bonchev–Trinajstić information content (AvgIpc) is 3.02. The lowest BCUT2D eigenvalue weighted by Crippen LogP contribution is -2.33. The van der Waals surface area contributed by atoms with Crippen molar-refractivity contribution in [1.82, 2.24) is 19.9 Å². The Morgan fingerprint density at radius 2 is 2.20 bits per heavy atom. The zero-order valence-electron chi connectivity index (χ0n) is 13.7. The van der Waals surface area contributed by atoms with Crippen molar-refractivity contribution in [3.63, 3.8) is 0 Å². The highest BCUT2D eigenvalue weighted by molar-refractivity contribution is 5.99. The van der Waals surface area contributed by atoms with E-state index in [9.17, 15) is 9.18 Å². The lowest BCUT2D eigenvalue weighted by molar-refractivity contribution is 0.0933. The monoisotopic (exact) mass is 340 g/mol. The van der Waals surface area contributed by atoms with Crippen LogP contribution in [-0.4, -0.2) is 33.2 Å². The fourth-order valence-corrected chi connectivity index (χ4v) is 2.92.